The van der Waals surface area contributed by atoms with Crippen LogP contribution >= 0.6 is 0 Å². The smallest absolute Gasteiger partial charge is 0.407 e. The maximum absolute atomic E-state index is 11.9. The van der Waals surface area contributed by atoms with Crippen LogP contribution in [-0.4, -0.2) is 36.6 Å². The van der Waals surface area contributed by atoms with Crippen LogP contribution in [0.1, 0.15) is 40.0 Å². The molecule has 0 aromatic rings. The van der Waals surface area contributed by atoms with Crippen LogP contribution in [0.3, 0.4) is 0 Å². The molecule has 2 N–H and O–H groups in total. The van der Waals surface area contributed by atoms with E-state index >= 15 is 0 Å². The molecule has 1 saturated carbocycles. The fourth-order valence-electron chi connectivity index (χ4n) is 2.79. The fourth-order valence-corrected chi connectivity index (χ4v) is 2.79. The Morgan fingerprint density at radius 3 is 2.50 bits per heavy atom. The van der Waals surface area contributed by atoms with Gasteiger partial charge >= 0.3 is 6.09 Å². The molecule has 102 valence electrons. The van der Waals surface area contributed by atoms with Crippen LogP contribution in [0.25, 0.3) is 0 Å². The first kappa shape index (κ1) is 13.3. The Morgan fingerprint density at radius 1 is 1.39 bits per heavy atom. The Balaban J connectivity index is 1.94. The molecule has 1 heterocycles. The summed E-state index contributed by atoms with van der Waals surface area (Å²) in [5.74, 6) is 0.282. The number of alkyl carbamates (subject to hydrolysis) is 1. The molecule has 1 aliphatic heterocycles. The highest BCUT2D eigenvalue weighted by Gasteiger charge is 2.55. The van der Waals surface area contributed by atoms with E-state index < -0.39 is 11.7 Å². The molecule has 5 nitrogen and oxygen atoms in total. The minimum Gasteiger partial charge on any atom is -0.444 e. The number of carbonyl (C=O) groups excluding carboxylic acids is 2. The average Bonchev–Trinajstić information content (AvgIpc) is 2.27. The van der Waals surface area contributed by atoms with Gasteiger partial charge in [0.1, 0.15) is 11.4 Å². The summed E-state index contributed by atoms with van der Waals surface area (Å²) in [6.07, 6.45) is 1.65. The lowest BCUT2D eigenvalue weighted by molar-refractivity contribution is -0.144. The van der Waals surface area contributed by atoms with Crippen molar-refractivity contribution in [3.05, 3.63) is 0 Å². The van der Waals surface area contributed by atoms with Crippen LogP contribution in [0, 0.1) is 5.41 Å². The van der Waals surface area contributed by atoms with Crippen molar-refractivity contribution in [3.63, 3.8) is 0 Å². The Morgan fingerprint density at radius 2 is 2.00 bits per heavy atom. The second-order valence-electron chi connectivity index (χ2n) is 6.23. The van der Waals surface area contributed by atoms with Gasteiger partial charge in [0, 0.05) is 6.42 Å². The summed E-state index contributed by atoms with van der Waals surface area (Å²) in [7, 11) is 0. The van der Waals surface area contributed by atoms with Gasteiger partial charge < -0.3 is 15.4 Å². The molecule has 0 aromatic heterocycles. The van der Waals surface area contributed by atoms with Gasteiger partial charge in [-0.25, -0.2) is 4.79 Å². The van der Waals surface area contributed by atoms with E-state index in [0.717, 1.165) is 25.9 Å². The Bertz CT molecular complexity index is 354. The van der Waals surface area contributed by atoms with Gasteiger partial charge in [-0.2, -0.15) is 0 Å². The van der Waals surface area contributed by atoms with Gasteiger partial charge in [0.25, 0.3) is 0 Å². The molecule has 1 amide bonds. The molecule has 1 atom stereocenters. The summed E-state index contributed by atoms with van der Waals surface area (Å²) in [6, 6.07) is -0.0538. The van der Waals surface area contributed by atoms with Gasteiger partial charge in [0.2, 0.25) is 0 Å². The predicted molar refractivity (Wildman–Crippen MR) is 67.3 cm³/mol. The van der Waals surface area contributed by atoms with Crippen molar-refractivity contribution in [2.75, 3.05) is 13.1 Å². The van der Waals surface area contributed by atoms with E-state index in [0.29, 0.717) is 6.42 Å². The van der Waals surface area contributed by atoms with Crippen LogP contribution in [0.4, 0.5) is 4.79 Å². The summed E-state index contributed by atoms with van der Waals surface area (Å²) in [5, 5.41) is 6.10. The van der Waals surface area contributed by atoms with Crippen molar-refractivity contribution >= 4 is 11.9 Å². The van der Waals surface area contributed by atoms with Crippen LogP contribution < -0.4 is 10.6 Å². The Labute approximate surface area is 108 Å². The molecule has 1 unspecified atom stereocenters. The molecular formula is C13H22N2O3. The second-order valence-corrected chi connectivity index (χ2v) is 6.23. The van der Waals surface area contributed by atoms with Crippen molar-refractivity contribution in [3.8, 4) is 0 Å². The SMILES string of the molecule is CC(C)(C)OC(=O)NC1CC(=O)C12CCNCC2. The van der Waals surface area contributed by atoms with Gasteiger partial charge in [0.05, 0.1) is 11.5 Å². The number of piperidine rings is 1. The number of ketones is 1. The molecule has 18 heavy (non-hydrogen) atoms. The largest absolute Gasteiger partial charge is 0.444 e. The van der Waals surface area contributed by atoms with Crippen LogP contribution in [0.15, 0.2) is 0 Å². The number of amides is 1. The maximum atomic E-state index is 11.9. The lowest BCUT2D eigenvalue weighted by Gasteiger charge is -2.50. The first-order chi connectivity index (χ1) is 8.33. The zero-order chi connectivity index (χ0) is 13.4. The molecule has 1 saturated heterocycles. The highest BCUT2D eigenvalue weighted by atomic mass is 16.6. The topological polar surface area (TPSA) is 67.4 Å². The summed E-state index contributed by atoms with van der Waals surface area (Å²) in [6.45, 7) is 7.19. The van der Waals surface area contributed by atoms with Gasteiger partial charge in [-0.3, -0.25) is 4.79 Å². The third-order valence-corrected chi connectivity index (χ3v) is 3.80. The van der Waals surface area contributed by atoms with Gasteiger partial charge in [-0.1, -0.05) is 0 Å². The number of Topliss-reactive ketones (excluding diaryl/α,β-unsaturated/α-hetero) is 1. The number of hydrogen-bond acceptors (Lipinski definition) is 4. The van der Waals surface area contributed by atoms with E-state index in [1.54, 1.807) is 0 Å². The number of carbonyl (C=O) groups is 2. The highest BCUT2D eigenvalue weighted by Crippen LogP contribution is 2.44. The van der Waals surface area contributed by atoms with Crippen molar-refractivity contribution in [2.45, 2.75) is 51.7 Å². The van der Waals surface area contributed by atoms with E-state index in [2.05, 4.69) is 10.6 Å². The van der Waals surface area contributed by atoms with Crippen molar-refractivity contribution < 1.29 is 14.3 Å². The Kier molecular flexibility index (Phi) is 3.36. The summed E-state index contributed by atoms with van der Waals surface area (Å²) in [5.41, 5.74) is -0.832. The molecule has 5 heteroatoms. The third-order valence-electron chi connectivity index (χ3n) is 3.80. The molecule has 2 rings (SSSR count). The molecular weight excluding hydrogens is 232 g/mol. The molecule has 0 radical (unpaired) electrons. The van der Waals surface area contributed by atoms with Crippen LogP contribution in [0.5, 0.6) is 0 Å². The second kappa shape index (κ2) is 4.53. The van der Waals surface area contributed by atoms with E-state index in [9.17, 15) is 9.59 Å². The summed E-state index contributed by atoms with van der Waals surface area (Å²) >= 11 is 0. The van der Waals surface area contributed by atoms with E-state index in [-0.39, 0.29) is 17.2 Å². The summed E-state index contributed by atoms with van der Waals surface area (Å²) < 4.78 is 5.24. The van der Waals surface area contributed by atoms with E-state index in [4.69, 9.17) is 4.74 Å². The third kappa shape index (κ3) is 2.51. The normalized spacial score (nSPS) is 26.6. The molecule has 0 aromatic carbocycles. The number of ether oxygens (including phenoxy) is 1. The number of rotatable bonds is 1. The lowest BCUT2D eigenvalue weighted by Crippen LogP contribution is -2.65. The van der Waals surface area contributed by atoms with Gasteiger partial charge in [0.15, 0.2) is 0 Å². The first-order valence-electron chi connectivity index (χ1n) is 6.57. The minimum atomic E-state index is -0.501. The Hall–Kier alpha value is -1.10. The van der Waals surface area contributed by atoms with Gasteiger partial charge in [-0.15, -0.1) is 0 Å². The van der Waals surface area contributed by atoms with Crippen molar-refractivity contribution in [1.29, 1.82) is 0 Å². The monoisotopic (exact) mass is 254 g/mol. The van der Waals surface area contributed by atoms with Crippen LogP contribution in [0.2, 0.25) is 0 Å². The zero-order valence-corrected chi connectivity index (χ0v) is 11.3. The van der Waals surface area contributed by atoms with Crippen LogP contribution in [-0.2, 0) is 9.53 Å². The quantitative estimate of drug-likeness (QED) is 0.738. The van der Waals surface area contributed by atoms with Crippen molar-refractivity contribution in [2.24, 2.45) is 5.41 Å². The number of nitrogens with one attached hydrogen (secondary N) is 2. The first-order valence-corrected chi connectivity index (χ1v) is 6.57. The molecule has 1 spiro atoms. The standard InChI is InChI=1S/C13H22N2O3/c1-12(2,3)18-11(17)15-9-8-10(16)13(9)4-6-14-7-5-13/h9,14H,4-8H2,1-3H3,(H,15,17). The molecule has 1 aliphatic carbocycles. The molecule has 0 bridgehead atoms. The molecule has 2 fully saturated rings. The van der Waals surface area contributed by atoms with Gasteiger partial charge in [-0.05, 0) is 46.7 Å². The highest BCUT2D eigenvalue weighted by molar-refractivity contribution is 5.94. The molecule has 2 aliphatic rings. The predicted octanol–water partition coefficient (Wildman–Crippen LogP) is 1.22. The average molecular weight is 254 g/mol. The van der Waals surface area contributed by atoms with E-state index in [1.807, 2.05) is 20.8 Å². The fraction of sp³-hybridized carbons (Fsp3) is 0.846. The maximum Gasteiger partial charge on any atom is 0.407 e. The lowest BCUT2D eigenvalue weighted by atomic mass is 9.58. The minimum absolute atomic E-state index is 0.0538. The summed E-state index contributed by atoms with van der Waals surface area (Å²) in [4.78, 5) is 23.6. The van der Waals surface area contributed by atoms with E-state index in [1.165, 1.54) is 0 Å². The number of hydrogen-bond donors (Lipinski definition) is 2. The van der Waals surface area contributed by atoms with Crippen molar-refractivity contribution in [1.82, 2.24) is 10.6 Å². The zero-order valence-electron chi connectivity index (χ0n) is 11.3.